The first kappa shape index (κ1) is 18.9. The Morgan fingerprint density at radius 2 is 1.81 bits per heavy atom. The first-order chi connectivity index (χ1) is 13.2. The highest BCUT2D eigenvalue weighted by Gasteiger charge is 2.23. The van der Waals surface area contributed by atoms with Gasteiger partial charge in [0.25, 0.3) is 0 Å². The van der Waals surface area contributed by atoms with E-state index in [2.05, 4.69) is 25.7 Å². The van der Waals surface area contributed by atoms with Gasteiger partial charge in [-0.25, -0.2) is 0 Å². The van der Waals surface area contributed by atoms with Crippen molar-refractivity contribution in [2.24, 2.45) is 0 Å². The molecule has 1 unspecified atom stereocenters. The molecule has 0 bridgehead atoms. The van der Waals surface area contributed by atoms with E-state index in [1.807, 2.05) is 24.3 Å². The summed E-state index contributed by atoms with van der Waals surface area (Å²) in [5.41, 5.74) is 1.73. The maximum Gasteiger partial charge on any atom is 0.151 e. The summed E-state index contributed by atoms with van der Waals surface area (Å²) in [7, 11) is 0. The average Bonchev–Trinajstić information content (AvgIpc) is 2.72. The summed E-state index contributed by atoms with van der Waals surface area (Å²) in [6.07, 6.45) is 4.85. The van der Waals surface area contributed by atoms with Gasteiger partial charge in [-0.05, 0) is 56.5 Å². The summed E-state index contributed by atoms with van der Waals surface area (Å²) >= 11 is 12.1. The van der Waals surface area contributed by atoms with Crippen LogP contribution in [0.3, 0.4) is 0 Å². The highest BCUT2D eigenvalue weighted by atomic mass is 35.5. The lowest BCUT2D eigenvalue weighted by Gasteiger charge is -2.36. The van der Waals surface area contributed by atoms with E-state index in [-0.39, 0.29) is 0 Å². The van der Waals surface area contributed by atoms with Crippen LogP contribution in [0.25, 0.3) is 11.3 Å². The summed E-state index contributed by atoms with van der Waals surface area (Å²) in [5.74, 6) is 0.941. The van der Waals surface area contributed by atoms with Crippen molar-refractivity contribution in [3.05, 3.63) is 40.4 Å². The Morgan fingerprint density at radius 3 is 2.48 bits per heavy atom. The van der Waals surface area contributed by atoms with Gasteiger partial charge in [-0.3, -0.25) is 0 Å². The number of halogens is 2. The molecule has 144 valence electrons. The zero-order valence-corrected chi connectivity index (χ0v) is 16.8. The molecule has 1 atom stereocenters. The Morgan fingerprint density at radius 1 is 0.963 bits per heavy atom. The van der Waals surface area contributed by atoms with Crippen LogP contribution in [0.2, 0.25) is 10.0 Å². The maximum atomic E-state index is 6.10. The number of benzene rings is 1. The van der Waals surface area contributed by atoms with Gasteiger partial charge in [0.15, 0.2) is 5.82 Å². The summed E-state index contributed by atoms with van der Waals surface area (Å²) < 4.78 is 0. The normalized spacial score (nSPS) is 21.4. The van der Waals surface area contributed by atoms with Crippen LogP contribution in [0.1, 0.15) is 25.7 Å². The van der Waals surface area contributed by atoms with E-state index in [0.717, 1.165) is 56.1 Å². The van der Waals surface area contributed by atoms with Gasteiger partial charge in [-0.1, -0.05) is 29.3 Å². The van der Waals surface area contributed by atoms with Crippen LogP contribution < -0.4 is 15.5 Å². The number of hydrogen-bond acceptors (Lipinski definition) is 5. The lowest BCUT2D eigenvalue weighted by molar-refractivity contribution is 0.318. The van der Waals surface area contributed by atoms with Gasteiger partial charge >= 0.3 is 0 Å². The number of nitrogens with one attached hydrogen (secondary N) is 2. The molecule has 1 aromatic heterocycles. The van der Waals surface area contributed by atoms with Crippen molar-refractivity contribution in [3.8, 4) is 11.3 Å². The molecule has 5 nitrogen and oxygen atoms in total. The average molecular weight is 406 g/mol. The molecule has 2 aliphatic rings. The number of anilines is 1. The second kappa shape index (κ2) is 8.74. The lowest BCUT2D eigenvalue weighted by atomic mass is 10.0. The molecule has 2 fully saturated rings. The number of nitrogens with zero attached hydrogens (tertiary/aromatic N) is 3. The zero-order valence-electron chi connectivity index (χ0n) is 15.3. The van der Waals surface area contributed by atoms with E-state index in [9.17, 15) is 0 Å². The van der Waals surface area contributed by atoms with E-state index < -0.39 is 0 Å². The molecule has 2 aliphatic heterocycles. The third kappa shape index (κ3) is 4.72. The Hall–Kier alpha value is -1.40. The number of aromatic nitrogens is 2. The molecule has 3 heterocycles. The van der Waals surface area contributed by atoms with E-state index in [0.29, 0.717) is 22.1 Å². The largest absolute Gasteiger partial charge is 0.355 e. The van der Waals surface area contributed by atoms with Crippen molar-refractivity contribution < 1.29 is 0 Å². The van der Waals surface area contributed by atoms with Crippen molar-refractivity contribution in [1.82, 2.24) is 20.8 Å². The minimum Gasteiger partial charge on any atom is -0.355 e. The Balaban J connectivity index is 1.33. The van der Waals surface area contributed by atoms with Crippen LogP contribution in [0.4, 0.5) is 5.82 Å². The van der Waals surface area contributed by atoms with E-state index in [1.54, 1.807) is 6.07 Å². The molecule has 0 radical (unpaired) electrons. The van der Waals surface area contributed by atoms with Crippen LogP contribution in [0.5, 0.6) is 0 Å². The van der Waals surface area contributed by atoms with E-state index in [1.165, 1.54) is 12.8 Å². The quantitative estimate of drug-likeness (QED) is 0.810. The van der Waals surface area contributed by atoms with Crippen LogP contribution in [0.15, 0.2) is 30.3 Å². The molecule has 27 heavy (non-hydrogen) atoms. The predicted octanol–water partition coefficient (Wildman–Crippen LogP) is 3.76. The van der Waals surface area contributed by atoms with Gasteiger partial charge in [0.1, 0.15) is 0 Å². The van der Waals surface area contributed by atoms with Gasteiger partial charge in [0.05, 0.1) is 15.7 Å². The van der Waals surface area contributed by atoms with Crippen LogP contribution in [0, 0.1) is 0 Å². The second-order valence-corrected chi connectivity index (χ2v) is 8.19. The monoisotopic (exact) mass is 405 g/mol. The predicted molar refractivity (Wildman–Crippen MR) is 112 cm³/mol. The van der Waals surface area contributed by atoms with Gasteiger partial charge in [-0.15, -0.1) is 10.2 Å². The molecule has 2 saturated heterocycles. The molecule has 0 aliphatic carbocycles. The van der Waals surface area contributed by atoms with Gasteiger partial charge in [0.2, 0.25) is 0 Å². The zero-order chi connectivity index (χ0) is 18.6. The Labute approximate surface area is 170 Å². The first-order valence-corrected chi connectivity index (χ1v) is 10.5. The van der Waals surface area contributed by atoms with Crippen molar-refractivity contribution in [3.63, 3.8) is 0 Å². The minimum atomic E-state index is 0.530. The molecular weight excluding hydrogens is 381 g/mol. The minimum absolute atomic E-state index is 0.530. The molecule has 2 aromatic rings. The molecule has 0 saturated carbocycles. The third-order valence-corrected chi connectivity index (χ3v) is 6.19. The fourth-order valence-electron chi connectivity index (χ4n) is 3.91. The standard InChI is InChI=1S/C20H25Cl2N5/c21-17-4-3-14(12-18(17)22)19-5-6-20(26-25-19)27-10-7-15(8-11-27)24-16-2-1-9-23-13-16/h3-6,12,15-16,23-24H,1-2,7-11,13H2. The first-order valence-electron chi connectivity index (χ1n) is 9.70. The maximum absolute atomic E-state index is 6.10. The summed E-state index contributed by atoms with van der Waals surface area (Å²) in [4.78, 5) is 2.32. The number of rotatable bonds is 4. The molecular formula is C20H25Cl2N5. The Bertz CT molecular complexity index is 753. The number of piperidine rings is 2. The summed E-state index contributed by atoms with van der Waals surface area (Å²) in [6.45, 7) is 4.28. The lowest BCUT2D eigenvalue weighted by Crippen LogP contribution is -2.51. The van der Waals surface area contributed by atoms with Crippen LogP contribution >= 0.6 is 23.2 Å². The van der Waals surface area contributed by atoms with E-state index in [4.69, 9.17) is 23.2 Å². The third-order valence-electron chi connectivity index (χ3n) is 5.45. The van der Waals surface area contributed by atoms with Crippen LogP contribution in [-0.2, 0) is 0 Å². The van der Waals surface area contributed by atoms with Crippen molar-refractivity contribution in [1.29, 1.82) is 0 Å². The van der Waals surface area contributed by atoms with Crippen molar-refractivity contribution in [2.45, 2.75) is 37.8 Å². The summed E-state index contributed by atoms with van der Waals surface area (Å²) in [5, 5.41) is 17.2. The highest BCUT2D eigenvalue weighted by Crippen LogP contribution is 2.28. The van der Waals surface area contributed by atoms with Crippen molar-refractivity contribution in [2.75, 3.05) is 31.1 Å². The second-order valence-electron chi connectivity index (χ2n) is 7.38. The highest BCUT2D eigenvalue weighted by molar-refractivity contribution is 6.42. The van der Waals surface area contributed by atoms with E-state index >= 15 is 0 Å². The fraction of sp³-hybridized carbons (Fsp3) is 0.500. The molecule has 0 amide bonds. The fourth-order valence-corrected chi connectivity index (χ4v) is 4.20. The van der Waals surface area contributed by atoms with Gasteiger partial charge in [-0.2, -0.15) is 0 Å². The van der Waals surface area contributed by atoms with Gasteiger partial charge in [0, 0.05) is 37.3 Å². The molecule has 4 rings (SSSR count). The summed E-state index contributed by atoms with van der Waals surface area (Å²) in [6, 6.07) is 10.8. The van der Waals surface area contributed by atoms with Crippen LogP contribution in [-0.4, -0.2) is 48.5 Å². The molecule has 1 aromatic carbocycles. The van der Waals surface area contributed by atoms with Gasteiger partial charge < -0.3 is 15.5 Å². The SMILES string of the molecule is Clc1ccc(-c2ccc(N3CCC(NC4CCCNC4)CC3)nn2)cc1Cl. The van der Waals surface area contributed by atoms with Crippen molar-refractivity contribution >= 4 is 29.0 Å². The topological polar surface area (TPSA) is 53.1 Å². The number of hydrogen-bond donors (Lipinski definition) is 2. The Kier molecular flexibility index (Phi) is 6.13. The molecule has 2 N–H and O–H groups in total. The molecule has 0 spiro atoms. The smallest absolute Gasteiger partial charge is 0.151 e. The molecule has 7 heteroatoms.